The molecule has 2 heterocycles. The van der Waals surface area contributed by atoms with Crippen molar-refractivity contribution in [3.8, 4) is 0 Å². The van der Waals surface area contributed by atoms with E-state index in [1.165, 1.54) is 0 Å². The van der Waals surface area contributed by atoms with Gasteiger partial charge in [-0.3, -0.25) is 4.79 Å². The highest BCUT2D eigenvalue weighted by molar-refractivity contribution is 7.07. The van der Waals surface area contributed by atoms with E-state index < -0.39 is 5.60 Å². The zero-order valence-corrected chi connectivity index (χ0v) is 9.13. The van der Waals surface area contributed by atoms with Gasteiger partial charge in [0.2, 0.25) is 0 Å². The Hall–Kier alpha value is -0.740. The smallest absolute Gasteiger partial charge is 0.169 e. The average molecular weight is 211 g/mol. The molecular formula is C10H13NO2S. The van der Waals surface area contributed by atoms with Gasteiger partial charge in [-0.15, -0.1) is 11.3 Å². The number of hydrogen-bond acceptors (Lipinski definition) is 4. The number of ketones is 1. The second-order valence-corrected chi connectivity index (χ2v) is 4.79. The number of rotatable bonds is 2. The van der Waals surface area contributed by atoms with Gasteiger partial charge in [0.15, 0.2) is 5.78 Å². The van der Waals surface area contributed by atoms with Gasteiger partial charge in [0.1, 0.15) is 5.60 Å². The van der Waals surface area contributed by atoms with E-state index in [2.05, 4.69) is 4.98 Å². The van der Waals surface area contributed by atoms with Crippen molar-refractivity contribution in [2.75, 3.05) is 6.61 Å². The number of ether oxygens (including phenoxy) is 1. The van der Waals surface area contributed by atoms with Crippen molar-refractivity contribution in [2.45, 2.75) is 25.9 Å². The maximum atomic E-state index is 11.8. The van der Waals surface area contributed by atoms with Crippen LogP contribution in [0.15, 0.2) is 10.9 Å². The predicted molar refractivity (Wildman–Crippen MR) is 54.3 cm³/mol. The molecule has 2 rings (SSSR count). The minimum absolute atomic E-state index is 0.00731. The lowest BCUT2D eigenvalue weighted by molar-refractivity contribution is -0.130. The van der Waals surface area contributed by atoms with Crippen LogP contribution < -0.4 is 0 Å². The summed E-state index contributed by atoms with van der Waals surface area (Å²) >= 11 is 1.56. The molecule has 4 heteroatoms. The van der Waals surface area contributed by atoms with Crippen LogP contribution in [0.1, 0.15) is 19.5 Å². The van der Waals surface area contributed by atoms with Gasteiger partial charge in [-0.2, -0.15) is 0 Å². The van der Waals surface area contributed by atoms with Crippen LogP contribution in [0.2, 0.25) is 0 Å². The second kappa shape index (κ2) is 3.44. The van der Waals surface area contributed by atoms with E-state index in [-0.39, 0.29) is 11.7 Å². The van der Waals surface area contributed by atoms with E-state index >= 15 is 0 Å². The molecule has 1 aromatic rings. The molecule has 0 aliphatic carbocycles. The molecule has 1 saturated heterocycles. The van der Waals surface area contributed by atoms with Crippen molar-refractivity contribution in [1.82, 2.24) is 4.98 Å². The van der Waals surface area contributed by atoms with E-state index in [9.17, 15) is 4.79 Å². The molecule has 1 aliphatic rings. The van der Waals surface area contributed by atoms with Gasteiger partial charge in [-0.25, -0.2) is 4.98 Å². The summed E-state index contributed by atoms with van der Waals surface area (Å²) in [5.74, 6) is 0.192. The van der Waals surface area contributed by atoms with Gasteiger partial charge in [0.05, 0.1) is 17.8 Å². The first-order valence-corrected chi connectivity index (χ1v) is 5.59. The van der Waals surface area contributed by atoms with Crippen LogP contribution in [-0.4, -0.2) is 23.0 Å². The van der Waals surface area contributed by atoms with Gasteiger partial charge >= 0.3 is 0 Å². The molecule has 1 atom stereocenters. The number of carbonyl (C=O) groups excluding carboxylic acids is 1. The molecule has 76 valence electrons. The second-order valence-electron chi connectivity index (χ2n) is 4.07. The van der Waals surface area contributed by atoms with Crippen molar-refractivity contribution in [3.05, 3.63) is 16.6 Å². The van der Waals surface area contributed by atoms with Crippen LogP contribution in [-0.2, 0) is 16.0 Å². The summed E-state index contributed by atoms with van der Waals surface area (Å²) in [7, 11) is 0. The number of hydrogen-bond donors (Lipinski definition) is 0. The Morgan fingerprint density at radius 1 is 1.71 bits per heavy atom. The summed E-state index contributed by atoms with van der Waals surface area (Å²) < 4.78 is 5.44. The molecule has 1 fully saturated rings. The number of aromatic nitrogens is 1. The molecular weight excluding hydrogens is 198 g/mol. The van der Waals surface area contributed by atoms with E-state index in [0.29, 0.717) is 13.0 Å². The Labute approximate surface area is 87.1 Å². The SMILES string of the molecule is CC1(C)OCC(Cc2cscn2)C1=O. The molecule has 0 N–H and O–H groups in total. The maximum absolute atomic E-state index is 11.8. The fraction of sp³-hybridized carbons (Fsp3) is 0.600. The molecule has 0 aromatic carbocycles. The third-order valence-electron chi connectivity index (χ3n) is 2.55. The Kier molecular flexibility index (Phi) is 2.41. The highest BCUT2D eigenvalue weighted by Gasteiger charge is 2.41. The Morgan fingerprint density at radius 2 is 2.50 bits per heavy atom. The lowest BCUT2D eigenvalue weighted by Gasteiger charge is -2.13. The summed E-state index contributed by atoms with van der Waals surface area (Å²) in [6.07, 6.45) is 0.714. The van der Waals surface area contributed by atoms with Gasteiger partial charge in [-0.05, 0) is 13.8 Å². The highest BCUT2D eigenvalue weighted by atomic mass is 32.1. The zero-order valence-electron chi connectivity index (χ0n) is 8.32. The summed E-state index contributed by atoms with van der Waals surface area (Å²) in [4.78, 5) is 16.0. The monoisotopic (exact) mass is 211 g/mol. The fourth-order valence-electron chi connectivity index (χ4n) is 1.69. The molecule has 3 nitrogen and oxygen atoms in total. The largest absolute Gasteiger partial charge is 0.367 e. The molecule has 0 spiro atoms. The lowest BCUT2D eigenvalue weighted by atomic mass is 9.93. The van der Waals surface area contributed by atoms with E-state index in [1.807, 2.05) is 19.2 Å². The summed E-state index contributed by atoms with van der Waals surface area (Å²) in [5, 5.41) is 1.98. The quantitative estimate of drug-likeness (QED) is 0.747. The fourth-order valence-corrected chi connectivity index (χ4v) is 2.26. The van der Waals surface area contributed by atoms with Crippen molar-refractivity contribution in [1.29, 1.82) is 0 Å². The van der Waals surface area contributed by atoms with Gasteiger partial charge in [-0.1, -0.05) is 0 Å². The van der Waals surface area contributed by atoms with E-state index in [4.69, 9.17) is 4.74 Å². The summed E-state index contributed by atoms with van der Waals surface area (Å²) in [6, 6.07) is 0. The molecule has 14 heavy (non-hydrogen) atoms. The molecule has 0 saturated carbocycles. The van der Waals surface area contributed by atoms with Crippen LogP contribution in [0.4, 0.5) is 0 Å². The third-order valence-corrected chi connectivity index (χ3v) is 3.18. The molecule has 1 aliphatic heterocycles. The minimum Gasteiger partial charge on any atom is -0.367 e. The first-order chi connectivity index (χ1) is 6.59. The topological polar surface area (TPSA) is 39.2 Å². The number of thiazole rings is 1. The van der Waals surface area contributed by atoms with Crippen LogP contribution in [0.25, 0.3) is 0 Å². The standard InChI is InChI=1S/C10H13NO2S/c1-10(2)9(12)7(4-13-10)3-8-5-14-6-11-8/h5-7H,3-4H2,1-2H3. The molecule has 1 aromatic heterocycles. The summed E-state index contributed by atoms with van der Waals surface area (Å²) in [6.45, 7) is 4.19. The number of carbonyl (C=O) groups is 1. The normalized spacial score (nSPS) is 25.6. The highest BCUT2D eigenvalue weighted by Crippen LogP contribution is 2.27. The summed E-state index contributed by atoms with van der Waals surface area (Å²) in [5.41, 5.74) is 2.19. The first kappa shape index (κ1) is 9.80. The van der Waals surface area contributed by atoms with Crippen LogP contribution in [0.5, 0.6) is 0 Å². The molecule has 0 amide bonds. The van der Waals surface area contributed by atoms with Crippen LogP contribution in [0.3, 0.4) is 0 Å². The first-order valence-electron chi connectivity index (χ1n) is 4.65. The van der Waals surface area contributed by atoms with Crippen molar-refractivity contribution in [2.24, 2.45) is 5.92 Å². The van der Waals surface area contributed by atoms with Crippen LogP contribution in [0, 0.1) is 5.92 Å². The van der Waals surface area contributed by atoms with Gasteiger partial charge in [0, 0.05) is 17.7 Å². The molecule has 1 unspecified atom stereocenters. The molecule has 0 radical (unpaired) electrons. The maximum Gasteiger partial charge on any atom is 0.169 e. The number of nitrogens with zero attached hydrogens (tertiary/aromatic N) is 1. The van der Waals surface area contributed by atoms with E-state index in [1.54, 1.807) is 16.8 Å². The van der Waals surface area contributed by atoms with Crippen LogP contribution >= 0.6 is 11.3 Å². The zero-order chi connectivity index (χ0) is 10.2. The van der Waals surface area contributed by atoms with Gasteiger partial charge < -0.3 is 4.74 Å². The Bertz CT molecular complexity index is 332. The lowest BCUT2D eigenvalue weighted by Crippen LogP contribution is -2.30. The van der Waals surface area contributed by atoms with Gasteiger partial charge in [0.25, 0.3) is 0 Å². The van der Waals surface area contributed by atoms with E-state index in [0.717, 1.165) is 5.69 Å². The van der Waals surface area contributed by atoms with Crippen molar-refractivity contribution >= 4 is 17.1 Å². The average Bonchev–Trinajstić information content (AvgIpc) is 2.70. The van der Waals surface area contributed by atoms with Crippen molar-refractivity contribution < 1.29 is 9.53 Å². The predicted octanol–water partition coefficient (Wildman–Crippen LogP) is 1.68. The Morgan fingerprint density at radius 3 is 3.00 bits per heavy atom. The minimum atomic E-state index is -0.597. The third kappa shape index (κ3) is 1.72. The van der Waals surface area contributed by atoms with Crippen molar-refractivity contribution in [3.63, 3.8) is 0 Å². The Balaban J connectivity index is 2.05. The number of Topliss-reactive ketones (excluding diaryl/α,β-unsaturated/α-hetero) is 1. The molecule has 0 bridgehead atoms.